The van der Waals surface area contributed by atoms with Gasteiger partial charge in [-0.25, -0.2) is 17.5 Å². The summed E-state index contributed by atoms with van der Waals surface area (Å²) >= 11 is 0. The van der Waals surface area contributed by atoms with Crippen LogP contribution in [0.1, 0.15) is 25.0 Å². The normalized spacial score (nSPS) is 15.1. The summed E-state index contributed by atoms with van der Waals surface area (Å²) in [4.78, 5) is 2.88. The summed E-state index contributed by atoms with van der Waals surface area (Å²) in [5, 5.41) is 8.66. The molecule has 2 aromatic rings. The van der Waals surface area contributed by atoms with Gasteiger partial charge in [0, 0.05) is 23.0 Å². The van der Waals surface area contributed by atoms with Crippen molar-refractivity contribution in [2.75, 3.05) is 0 Å². The maximum atomic E-state index is 14.3. The van der Waals surface area contributed by atoms with Crippen LogP contribution in [0.4, 0.5) is 4.39 Å². The molecular formula is C16H16FN3O2S. The lowest BCUT2D eigenvalue weighted by Gasteiger charge is -2.26. The average Bonchev–Trinajstić information content (AvgIpc) is 2.92. The number of benzene rings is 1. The third kappa shape index (κ3) is 3.28. The summed E-state index contributed by atoms with van der Waals surface area (Å²) < 4.78 is 41.3. The van der Waals surface area contributed by atoms with Crippen LogP contribution in [0.3, 0.4) is 0 Å². The standard InChI is InChI=1S/C16H16FN3O2S/c17-15-10-13(23(21,22)20-12-2-1-3-12)5-6-14(15)16-7-4-11(19-16)8-9-18/h4-7,10,12,19-20H,1-3,8H2. The second kappa shape index (κ2) is 6.14. The second-order valence-corrected chi connectivity index (χ2v) is 7.34. The zero-order valence-electron chi connectivity index (χ0n) is 12.3. The molecule has 1 heterocycles. The summed E-state index contributed by atoms with van der Waals surface area (Å²) in [5.74, 6) is -0.619. The van der Waals surface area contributed by atoms with Crippen molar-refractivity contribution in [3.63, 3.8) is 0 Å². The number of halogens is 1. The SMILES string of the molecule is N#CCc1ccc(-c2ccc(S(=O)(=O)NC3CCC3)cc2F)[nH]1. The van der Waals surface area contributed by atoms with Crippen LogP contribution in [0.15, 0.2) is 35.2 Å². The quantitative estimate of drug-likeness (QED) is 0.882. The van der Waals surface area contributed by atoms with Gasteiger partial charge in [-0.3, -0.25) is 0 Å². The van der Waals surface area contributed by atoms with E-state index in [2.05, 4.69) is 9.71 Å². The molecule has 1 saturated carbocycles. The minimum atomic E-state index is -3.69. The van der Waals surface area contributed by atoms with E-state index in [1.165, 1.54) is 12.1 Å². The summed E-state index contributed by atoms with van der Waals surface area (Å²) in [7, 11) is -3.69. The molecule has 120 valence electrons. The van der Waals surface area contributed by atoms with Gasteiger partial charge < -0.3 is 4.98 Å². The molecule has 1 aromatic heterocycles. The van der Waals surface area contributed by atoms with Crippen molar-refractivity contribution in [3.8, 4) is 17.3 Å². The zero-order valence-corrected chi connectivity index (χ0v) is 13.2. The van der Waals surface area contributed by atoms with Gasteiger partial charge in [0.25, 0.3) is 0 Å². The third-order valence-electron chi connectivity index (χ3n) is 3.98. The van der Waals surface area contributed by atoms with Crippen molar-refractivity contribution in [2.45, 2.75) is 36.6 Å². The first-order valence-electron chi connectivity index (χ1n) is 7.37. The molecule has 0 atom stereocenters. The van der Waals surface area contributed by atoms with Crippen LogP contribution in [0.2, 0.25) is 0 Å². The Morgan fingerprint density at radius 3 is 2.70 bits per heavy atom. The highest BCUT2D eigenvalue weighted by atomic mass is 32.2. The lowest BCUT2D eigenvalue weighted by atomic mass is 9.94. The van der Waals surface area contributed by atoms with E-state index in [-0.39, 0.29) is 22.9 Å². The lowest BCUT2D eigenvalue weighted by molar-refractivity contribution is 0.383. The molecule has 2 N–H and O–H groups in total. The van der Waals surface area contributed by atoms with Gasteiger partial charge in [-0.15, -0.1) is 0 Å². The fourth-order valence-electron chi connectivity index (χ4n) is 2.48. The summed E-state index contributed by atoms with van der Waals surface area (Å²) in [6.07, 6.45) is 2.87. The van der Waals surface area contributed by atoms with Crippen molar-refractivity contribution in [2.24, 2.45) is 0 Å². The van der Waals surface area contributed by atoms with Crippen LogP contribution in [-0.2, 0) is 16.4 Å². The van der Waals surface area contributed by atoms with Crippen LogP contribution < -0.4 is 4.72 Å². The number of aromatic nitrogens is 1. The first-order chi connectivity index (χ1) is 11.0. The second-order valence-electron chi connectivity index (χ2n) is 5.62. The Hall–Kier alpha value is -2.17. The van der Waals surface area contributed by atoms with Crippen molar-refractivity contribution in [1.82, 2.24) is 9.71 Å². The number of hydrogen-bond donors (Lipinski definition) is 2. The van der Waals surface area contributed by atoms with E-state index >= 15 is 0 Å². The van der Waals surface area contributed by atoms with Gasteiger partial charge in [-0.05, 0) is 43.2 Å². The molecule has 1 fully saturated rings. The molecule has 0 saturated heterocycles. The van der Waals surface area contributed by atoms with Gasteiger partial charge in [0.15, 0.2) is 0 Å². The van der Waals surface area contributed by atoms with Gasteiger partial charge in [0.05, 0.1) is 17.4 Å². The Kier molecular flexibility index (Phi) is 4.20. The highest BCUT2D eigenvalue weighted by Crippen LogP contribution is 2.26. The Morgan fingerprint density at radius 2 is 2.09 bits per heavy atom. The van der Waals surface area contributed by atoms with Gasteiger partial charge in [0.2, 0.25) is 10.0 Å². The summed E-state index contributed by atoms with van der Waals surface area (Å²) in [5.41, 5.74) is 1.48. The molecule has 3 rings (SSSR count). The Morgan fingerprint density at radius 1 is 1.30 bits per heavy atom. The molecule has 5 nitrogen and oxygen atoms in total. The van der Waals surface area contributed by atoms with E-state index in [4.69, 9.17) is 5.26 Å². The van der Waals surface area contributed by atoms with E-state index in [0.29, 0.717) is 11.4 Å². The molecule has 7 heteroatoms. The van der Waals surface area contributed by atoms with E-state index in [9.17, 15) is 12.8 Å². The van der Waals surface area contributed by atoms with Crippen LogP contribution in [0.25, 0.3) is 11.3 Å². The average molecular weight is 333 g/mol. The molecule has 0 aliphatic heterocycles. The molecule has 0 unspecified atom stereocenters. The molecule has 0 bridgehead atoms. The number of nitrogens with zero attached hydrogens (tertiary/aromatic N) is 1. The smallest absolute Gasteiger partial charge is 0.240 e. The molecular weight excluding hydrogens is 317 g/mol. The minimum Gasteiger partial charge on any atom is -0.357 e. The Bertz CT molecular complexity index is 864. The Labute approximate surface area is 134 Å². The number of hydrogen-bond acceptors (Lipinski definition) is 3. The molecule has 1 aliphatic carbocycles. The fraction of sp³-hybridized carbons (Fsp3) is 0.312. The van der Waals surface area contributed by atoms with Crippen molar-refractivity contribution >= 4 is 10.0 Å². The van der Waals surface area contributed by atoms with Gasteiger partial charge in [-0.2, -0.15) is 5.26 Å². The van der Waals surface area contributed by atoms with Crippen molar-refractivity contribution in [1.29, 1.82) is 5.26 Å². The third-order valence-corrected chi connectivity index (χ3v) is 5.50. The minimum absolute atomic E-state index is 0.0420. The van der Waals surface area contributed by atoms with E-state index < -0.39 is 15.8 Å². The summed E-state index contributed by atoms with van der Waals surface area (Å²) in [6.45, 7) is 0. The highest BCUT2D eigenvalue weighted by molar-refractivity contribution is 7.89. The number of aromatic amines is 1. The van der Waals surface area contributed by atoms with Crippen LogP contribution in [-0.4, -0.2) is 19.4 Å². The van der Waals surface area contributed by atoms with Crippen LogP contribution in [0.5, 0.6) is 0 Å². The van der Waals surface area contributed by atoms with Gasteiger partial charge in [0.1, 0.15) is 5.82 Å². The number of rotatable bonds is 5. The molecule has 0 amide bonds. The van der Waals surface area contributed by atoms with Crippen LogP contribution in [0, 0.1) is 17.1 Å². The van der Waals surface area contributed by atoms with E-state index in [1.807, 2.05) is 6.07 Å². The number of nitrogens with one attached hydrogen (secondary N) is 2. The maximum absolute atomic E-state index is 14.3. The highest BCUT2D eigenvalue weighted by Gasteiger charge is 2.25. The summed E-state index contributed by atoms with van der Waals surface area (Å²) in [6, 6.07) is 9.21. The fourth-order valence-corrected chi connectivity index (χ4v) is 3.80. The van der Waals surface area contributed by atoms with Crippen molar-refractivity contribution in [3.05, 3.63) is 41.8 Å². The van der Waals surface area contributed by atoms with E-state index in [1.54, 1.807) is 12.1 Å². The van der Waals surface area contributed by atoms with E-state index in [0.717, 1.165) is 25.3 Å². The molecule has 1 aromatic carbocycles. The lowest BCUT2D eigenvalue weighted by Crippen LogP contribution is -2.39. The number of nitriles is 1. The molecule has 0 spiro atoms. The monoisotopic (exact) mass is 333 g/mol. The van der Waals surface area contributed by atoms with Crippen molar-refractivity contribution < 1.29 is 12.8 Å². The Balaban J connectivity index is 1.86. The molecule has 23 heavy (non-hydrogen) atoms. The topological polar surface area (TPSA) is 85.8 Å². The van der Waals surface area contributed by atoms with Gasteiger partial charge in [-0.1, -0.05) is 6.42 Å². The predicted molar refractivity (Wildman–Crippen MR) is 83.5 cm³/mol. The number of sulfonamides is 1. The maximum Gasteiger partial charge on any atom is 0.240 e. The number of H-pyrrole nitrogens is 1. The largest absolute Gasteiger partial charge is 0.357 e. The first-order valence-corrected chi connectivity index (χ1v) is 8.85. The zero-order chi connectivity index (χ0) is 16.4. The van der Waals surface area contributed by atoms with Gasteiger partial charge >= 0.3 is 0 Å². The van der Waals surface area contributed by atoms with Crippen LogP contribution >= 0.6 is 0 Å². The predicted octanol–water partition coefficient (Wildman–Crippen LogP) is 2.72. The first kappa shape index (κ1) is 15.7. The molecule has 0 radical (unpaired) electrons. The molecule has 1 aliphatic rings.